The molecule has 1 atom stereocenters. The van der Waals surface area contributed by atoms with Crippen molar-refractivity contribution in [3.63, 3.8) is 0 Å². The van der Waals surface area contributed by atoms with Crippen LogP contribution in [0.2, 0.25) is 0 Å². The van der Waals surface area contributed by atoms with Crippen LogP contribution in [-0.4, -0.2) is 38.2 Å². The molecule has 0 saturated carbocycles. The Bertz CT molecular complexity index is 2450. The second kappa shape index (κ2) is 13.9. The molecule has 0 bridgehead atoms. The molecule has 14 nitrogen and oxygen atoms in total. The fraction of sp³-hybridized carbons (Fsp3) is 0.118. The van der Waals surface area contributed by atoms with Crippen LogP contribution in [0.5, 0.6) is 11.5 Å². The lowest BCUT2D eigenvalue weighted by atomic mass is 10.0. The van der Waals surface area contributed by atoms with Gasteiger partial charge >= 0.3 is 0 Å². The molecule has 6 aromatic rings. The summed E-state index contributed by atoms with van der Waals surface area (Å²) < 4.78 is 57.7. The summed E-state index contributed by atoms with van der Waals surface area (Å²) in [6, 6.07) is 23.3. The number of rotatable bonds is 10. The van der Waals surface area contributed by atoms with Crippen molar-refractivity contribution in [1.29, 1.82) is 0 Å². The third-order valence-corrected chi connectivity index (χ3v) is 9.27. The number of nitrogens with zero attached hydrogens (tertiary/aromatic N) is 6. The normalized spacial score (nSPS) is 12.6. The van der Waals surface area contributed by atoms with E-state index in [1.807, 2.05) is 31.2 Å². The van der Waals surface area contributed by atoms with E-state index < -0.39 is 37.5 Å². The third kappa shape index (κ3) is 6.98. The summed E-state index contributed by atoms with van der Waals surface area (Å²) in [7, 11) is -4.91. The van der Waals surface area contributed by atoms with Gasteiger partial charge in [0.15, 0.2) is 5.75 Å². The van der Waals surface area contributed by atoms with Crippen LogP contribution in [0.3, 0.4) is 0 Å². The number of aryl methyl sites for hydroxylation is 2. The summed E-state index contributed by atoms with van der Waals surface area (Å²) in [6.45, 7) is 5.34. The number of hydrogen-bond acceptors (Lipinski definition) is 13. The lowest BCUT2D eigenvalue weighted by Crippen LogP contribution is -2.01. The number of aromatic nitrogens is 2. The Balaban J connectivity index is 1.40. The molecule has 0 amide bonds. The van der Waals surface area contributed by atoms with Crippen molar-refractivity contribution in [2.24, 2.45) is 20.5 Å². The molecule has 0 aliphatic carbocycles. The largest absolute Gasteiger partial charge is 0.505 e. The molecule has 1 aromatic heterocycles. The highest BCUT2D eigenvalue weighted by Crippen LogP contribution is 2.47. The fourth-order valence-electron chi connectivity index (χ4n) is 5.06. The topological polar surface area (TPSA) is 215 Å². The van der Waals surface area contributed by atoms with Gasteiger partial charge < -0.3 is 19.5 Å². The molecule has 0 spiro atoms. The predicted octanol–water partition coefficient (Wildman–Crippen LogP) is 8.60. The number of nitrogen functional groups attached to an aromatic ring is 1. The van der Waals surface area contributed by atoms with E-state index in [0.717, 1.165) is 17.2 Å². The maximum absolute atomic E-state index is 12.5. The van der Waals surface area contributed by atoms with Gasteiger partial charge in [-0.2, -0.15) is 18.5 Å². The van der Waals surface area contributed by atoms with Gasteiger partial charge in [0.1, 0.15) is 22.0 Å². The van der Waals surface area contributed by atoms with E-state index in [1.54, 1.807) is 68.4 Å². The summed E-state index contributed by atoms with van der Waals surface area (Å²) in [5.41, 5.74) is 9.38. The number of azo groups is 2. The number of phenols is 1. The number of nitrogens with two attached hydrogens (primary N) is 1. The first-order chi connectivity index (χ1) is 23.9. The molecule has 6 rings (SSSR count). The highest BCUT2D eigenvalue weighted by Gasteiger charge is 2.25. The Morgan fingerprint density at radius 1 is 0.880 bits per heavy atom. The van der Waals surface area contributed by atoms with E-state index >= 15 is 0 Å². The Labute approximate surface area is 288 Å². The van der Waals surface area contributed by atoms with Crippen molar-refractivity contribution >= 4 is 60.4 Å². The lowest BCUT2D eigenvalue weighted by Gasteiger charge is -2.13. The van der Waals surface area contributed by atoms with E-state index in [2.05, 4.69) is 30.6 Å². The van der Waals surface area contributed by atoms with E-state index in [1.165, 1.54) is 0 Å². The summed E-state index contributed by atoms with van der Waals surface area (Å²) in [4.78, 5) is 3.82. The molecule has 254 valence electrons. The summed E-state index contributed by atoms with van der Waals surface area (Å²) >= 11 is -1.45. The van der Waals surface area contributed by atoms with Crippen molar-refractivity contribution in [1.82, 2.24) is 10.1 Å². The number of aromatic hydroxyl groups is 1. The van der Waals surface area contributed by atoms with Crippen LogP contribution in [0.25, 0.3) is 33.6 Å². The maximum Gasteiger partial charge on any atom is 0.296 e. The first kappa shape index (κ1) is 34.0. The minimum absolute atomic E-state index is 0.0183. The van der Waals surface area contributed by atoms with Gasteiger partial charge in [0.05, 0.1) is 33.8 Å². The number of fused-ring (bicyclic) bond motifs is 1. The third-order valence-electron chi connectivity index (χ3n) is 7.55. The summed E-state index contributed by atoms with van der Waals surface area (Å²) in [5.74, 6) is 0.574. The van der Waals surface area contributed by atoms with Crippen LogP contribution in [0.4, 0.5) is 28.4 Å². The maximum atomic E-state index is 12.5. The van der Waals surface area contributed by atoms with Gasteiger partial charge in [-0.25, -0.2) is 4.21 Å². The quantitative estimate of drug-likeness (QED) is 0.0698. The highest BCUT2D eigenvalue weighted by molar-refractivity contribution is 7.86. The summed E-state index contributed by atoms with van der Waals surface area (Å²) in [6.07, 6.45) is 0. The average Bonchev–Trinajstić information content (AvgIpc) is 3.58. The molecule has 1 heterocycles. The number of anilines is 1. The molecule has 0 aliphatic rings. The van der Waals surface area contributed by atoms with Gasteiger partial charge in [0.2, 0.25) is 16.9 Å². The lowest BCUT2D eigenvalue weighted by molar-refractivity contribution is 0.432. The Morgan fingerprint density at radius 3 is 2.26 bits per heavy atom. The second-order valence-corrected chi connectivity index (χ2v) is 13.7. The predicted molar refractivity (Wildman–Crippen MR) is 189 cm³/mol. The number of benzene rings is 5. The van der Waals surface area contributed by atoms with E-state index in [-0.39, 0.29) is 33.7 Å². The molecule has 5 aromatic carbocycles. The average molecular weight is 712 g/mol. The van der Waals surface area contributed by atoms with Crippen molar-refractivity contribution in [2.75, 3.05) is 11.5 Å². The van der Waals surface area contributed by atoms with Crippen molar-refractivity contribution in [3.05, 3.63) is 96.1 Å². The van der Waals surface area contributed by atoms with Crippen LogP contribution in [-0.2, 0) is 21.2 Å². The van der Waals surface area contributed by atoms with Crippen LogP contribution >= 0.6 is 0 Å². The molecular formula is C34H29N7O7S2. The second-order valence-electron chi connectivity index (χ2n) is 10.9. The van der Waals surface area contributed by atoms with E-state index in [0.29, 0.717) is 34.1 Å². The molecule has 0 fully saturated rings. The molecule has 0 radical (unpaired) electrons. The molecule has 1 unspecified atom stereocenters. The Hall–Kier alpha value is -5.84. The monoisotopic (exact) mass is 711 g/mol. The van der Waals surface area contributed by atoms with Crippen molar-refractivity contribution in [2.45, 2.75) is 25.7 Å². The smallest absolute Gasteiger partial charge is 0.296 e. The van der Waals surface area contributed by atoms with Crippen LogP contribution in [0, 0.1) is 13.8 Å². The highest BCUT2D eigenvalue weighted by atomic mass is 32.2. The van der Waals surface area contributed by atoms with Crippen LogP contribution in [0.15, 0.2) is 115 Å². The van der Waals surface area contributed by atoms with Crippen LogP contribution in [0.1, 0.15) is 18.1 Å². The molecule has 16 heteroatoms. The SMILES string of the molecule is CCS(=O)Oc1ccc(N=Nc2c(C)cc3cc(S(=O)(=O)O)c(N=Nc4ccccc4-c4nc(-c5ccccc5C)no4)c(O)c3c2N)cc1. The van der Waals surface area contributed by atoms with Gasteiger partial charge in [0.25, 0.3) is 16.0 Å². The van der Waals surface area contributed by atoms with Gasteiger partial charge in [-0.05, 0) is 78.9 Å². The molecule has 0 aliphatic heterocycles. The van der Waals surface area contributed by atoms with Gasteiger partial charge in [-0.1, -0.05) is 48.5 Å². The van der Waals surface area contributed by atoms with Gasteiger partial charge in [0, 0.05) is 5.56 Å². The van der Waals surface area contributed by atoms with Gasteiger partial charge in [-0.3, -0.25) is 4.55 Å². The Kier molecular flexibility index (Phi) is 9.50. The van der Waals surface area contributed by atoms with Crippen LogP contribution < -0.4 is 9.92 Å². The minimum atomic E-state index is -4.91. The first-order valence-electron chi connectivity index (χ1n) is 15.0. The molecule has 50 heavy (non-hydrogen) atoms. The van der Waals surface area contributed by atoms with Crippen molar-refractivity contribution < 1.29 is 31.0 Å². The number of phenolic OH excluding ortho intramolecular Hbond substituents is 1. The summed E-state index contributed by atoms with van der Waals surface area (Å²) in [5, 5.41) is 32.6. The zero-order valence-electron chi connectivity index (χ0n) is 26.8. The number of hydrogen-bond donors (Lipinski definition) is 3. The fourth-order valence-corrected chi connectivity index (χ4v) is 6.16. The van der Waals surface area contributed by atoms with E-state index in [4.69, 9.17) is 14.4 Å². The Morgan fingerprint density at radius 2 is 1.56 bits per heavy atom. The zero-order valence-corrected chi connectivity index (χ0v) is 28.4. The first-order valence-corrected chi connectivity index (χ1v) is 17.7. The van der Waals surface area contributed by atoms with E-state index in [9.17, 15) is 22.3 Å². The molecule has 0 saturated heterocycles. The van der Waals surface area contributed by atoms with Gasteiger partial charge in [-0.15, -0.1) is 15.3 Å². The minimum Gasteiger partial charge on any atom is -0.505 e. The standard InChI is InChI=1S/C34H29N7O7S2/c1-4-49(43)48-23-15-13-22(14-16-23)37-39-30-20(3)17-21-18-27(50(44,45)46)31(32(42)28(21)29(30)35)40-38-26-12-8-7-11-25(26)34-36-33(41-47-34)24-10-6-5-9-19(24)2/h5-18,42H,4,35H2,1-3H3,(H,44,45,46). The molecule has 4 N–H and O–H groups in total. The zero-order chi connectivity index (χ0) is 35.6. The molecular weight excluding hydrogens is 683 g/mol. The van der Waals surface area contributed by atoms with Crippen molar-refractivity contribution in [3.8, 4) is 34.3 Å².